The highest BCUT2D eigenvalue weighted by atomic mass is 16.5. The normalized spacial score (nSPS) is 11.9. The SMILES string of the molecule is CCCNC(C)c1ccc(NC(=O)Nc2ccon2)cc1. The second kappa shape index (κ2) is 7.44. The molecule has 3 N–H and O–H groups in total. The fourth-order valence-corrected chi connectivity index (χ4v) is 1.89. The van der Waals surface area contributed by atoms with E-state index in [0.29, 0.717) is 11.9 Å². The minimum Gasteiger partial charge on any atom is -0.363 e. The molecule has 2 amide bonds. The molecule has 1 aromatic heterocycles. The van der Waals surface area contributed by atoms with Gasteiger partial charge in [-0.2, -0.15) is 0 Å². The molecule has 0 bridgehead atoms. The van der Waals surface area contributed by atoms with Crippen molar-refractivity contribution in [2.75, 3.05) is 17.2 Å². The molecule has 6 heteroatoms. The lowest BCUT2D eigenvalue weighted by Gasteiger charge is -2.14. The van der Waals surface area contributed by atoms with E-state index in [0.717, 1.165) is 18.7 Å². The molecule has 0 fully saturated rings. The Morgan fingerprint density at radius 1 is 1.24 bits per heavy atom. The number of carbonyl (C=O) groups excluding carboxylic acids is 1. The van der Waals surface area contributed by atoms with Crippen molar-refractivity contribution in [2.45, 2.75) is 26.3 Å². The van der Waals surface area contributed by atoms with Crippen LogP contribution >= 0.6 is 0 Å². The van der Waals surface area contributed by atoms with E-state index in [1.165, 1.54) is 11.8 Å². The van der Waals surface area contributed by atoms with Crippen molar-refractivity contribution in [1.29, 1.82) is 0 Å². The molecule has 2 aromatic rings. The Bertz CT molecular complexity index is 552. The molecule has 2 rings (SSSR count). The lowest BCUT2D eigenvalue weighted by molar-refractivity contribution is 0.262. The molecule has 6 nitrogen and oxygen atoms in total. The van der Waals surface area contributed by atoms with Crippen LogP contribution < -0.4 is 16.0 Å². The summed E-state index contributed by atoms with van der Waals surface area (Å²) in [4.78, 5) is 11.7. The minimum atomic E-state index is -0.353. The van der Waals surface area contributed by atoms with Crippen LogP contribution in [0.2, 0.25) is 0 Å². The summed E-state index contributed by atoms with van der Waals surface area (Å²) >= 11 is 0. The fraction of sp³-hybridized carbons (Fsp3) is 0.333. The first-order chi connectivity index (χ1) is 10.2. The van der Waals surface area contributed by atoms with Gasteiger partial charge < -0.3 is 15.2 Å². The Morgan fingerprint density at radius 2 is 2.00 bits per heavy atom. The first-order valence-electron chi connectivity index (χ1n) is 7.00. The number of benzene rings is 1. The van der Waals surface area contributed by atoms with E-state index < -0.39 is 0 Å². The summed E-state index contributed by atoms with van der Waals surface area (Å²) < 4.78 is 4.64. The van der Waals surface area contributed by atoms with E-state index in [4.69, 9.17) is 0 Å². The van der Waals surface area contributed by atoms with Gasteiger partial charge in [0.25, 0.3) is 0 Å². The van der Waals surface area contributed by atoms with Crippen molar-refractivity contribution in [1.82, 2.24) is 10.5 Å². The maximum atomic E-state index is 11.7. The van der Waals surface area contributed by atoms with Crippen molar-refractivity contribution in [3.05, 3.63) is 42.2 Å². The van der Waals surface area contributed by atoms with Crippen LogP contribution in [0.1, 0.15) is 31.9 Å². The van der Waals surface area contributed by atoms with E-state index >= 15 is 0 Å². The van der Waals surface area contributed by atoms with E-state index in [1.54, 1.807) is 6.07 Å². The van der Waals surface area contributed by atoms with E-state index in [2.05, 4.69) is 39.5 Å². The van der Waals surface area contributed by atoms with Gasteiger partial charge in [0.05, 0.1) is 0 Å². The molecule has 0 aliphatic heterocycles. The summed E-state index contributed by atoms with van der Waals surface area (Å²) in [5, 5.41) is 12.3. The van der Waals surface area contributed by atoms with Gasteiger partial charge in [-0.15, -0.1) is 0 Å². The first-order valence-corrected chi connectivity index (χ1v) is 7.00. The van der Waals surface area contributed by atoms with Crippen molar-refractivity contribution < 1.29 is 9.32 Å². The average molecular weight is 288 g/mol. The molecule has 1 heterocycles. The van der Waals surface area contributed by atoms with Crippen LogP contribution in [0, 0.1) is 0 Å². The Hall–Kier alpha value is -2.34. The standard InChI is InChI=1S/C15H20N4O2/c1-3-9-16-11(2)12-4-6-13(7-5-12)17-15(20)18-14-8-10-21-19-14/h4-8,10-11,16H,3,9H2,1-2H3,(H2,17,18,19,20). The summed E-state index contributed by atoms with van der Waals surface area (Å²) in [6.45, 7) is 5.25. The largest absolute Gasteiger partial charge is 0.363 e. The third-order valence-corrected chi connectivity index (χ3v) is 3.05. The third-order valence-electron chi connectivity index (χ3n) is 3.05. The molecule has 1 aromatic carbocycles. The van der Waals surface area contributed by atoms with Crippen LogP contribution in [-0.2, 0) is 0 Å². The van der Waals surface area contributed by atoms with Crippen LogP contribution in [0.5, 0.6) is 0 Å². The molecule has 0 aliphatic rings. The van der Waals surface area contributed by atoms with Crippen molar-refractivity contribution in [2.24, 2.45) is 0 Å². The lowest BCUT2D eigenvalue weighted by atomic mass is 10.1. The number of anilines is 2. The predicted molar refractivity (Wildman–Crippen MR) is 82.3 cm³/mol. The van der Waals surface area contributed by atoms with Crippen LogP contribution in [0.3, 0.4) is 0 Å². The second-order valence-electron chi connectivity index (χ2n) is 4.76. The van der Waals surface area contributed by atoms with E-state index in [-0.39, 0.29) is 6.03 Å². The van der Waals surface area contributed by atoms with Crippen LogP contribution in [0.25, 0.3) is 0 Å². The molecule has 0 saturated heterocycles. The zero-order chi connectivity index (χ0) is 15.1. The summed E-state index contributed by atoms with van der Waals surface area (Å²) in [5.41, 5.74) is 1.91. The number of hydrogen-bond acceptors (Lipinski definition) is 4. The summed E-state index contributed by atoms with van der Waals surface area (Å²) in [6.07, 6.45) is 2.50. The number of rotatable bonds is 6. The highest BCUT2D eigenvalue weighted by molar-refractivity contribution is 5.99. The van der Waals surface area contributed by atoms with Gasteiger partial charge in [0.15, 0.2) is 5.82 Å². The highest BCUT2D eigenvalue weighted by Crippen LogP contribution is 2.16. The monoisotopic (exact) mass is 288 g/mol. The second-order valence-corrected chi connectivity index (χ2v) is 4.76. The Labute approximate surface area is 123 Å². The number of carbonyl (C=O) groups is 1. The molecule has 1 unspecified atom stereocenters. The predicted octanol–water partition coefficient (Wildman–Crippen LogP) is 3.38. The quantitative estimate of drug-likeness (QED) is 0.761. The van der Waals surface area contributed by atoms with Gasteiger partial charge in [-0.1, -0.05) is 24.2 Å². The number of aromatic nitrogens is 1. The molecule has 21 heavy (non-hydrogen) atoms. The number of urea groups is 1. The molecule has 0 aliphatic carbocycles. The molecular weight excluding hydrogens is 268 g/mol. The minimum absolute atomic E-state index is 0.294. The Kier molecular flexibility index (Phi) is 5.34. The zero-order valence-electron chi connectivity index (χ0n) is 12.2. The van der Waals surface area contributed by atoms with Gasteiger partial charge in [0.1, 0.15) is 6.26 Å². The number of hydrogen-bond donors (Lipinski definition) is 3. The van der Waals surface area contributed by atoms with Gasteiger partial charge in [-0.05, 0) is 37.6 Å². The topological polar surface area (TPSA) is 79.2 Å². The highest BCUT2D eigenvalue weighted by Gasteiger charge is 2.06. The maximum Gasteiger partial charge on any atom is 0.324 e. The molecular formula is C15H20N4O2. The van der Waals surface area contributed by atoms with Crippen LogP contribution in [0.4, 0.5) is 16.3 Å². The summed E-state index contributed by atoms with van der Waals surface area (Å²) in [7, 11) is 0. The Balaban J connectivity index is 1.88. The lowest BCUT2D eigenvalue weighted by Crippen LogP contribution is -2.20. The van der Waals surface area contributed by atoms with Crippen LogP contribution in [0.15, 0.2) is 41.1 Å². The van der Waals surface area contributed by atoms with Crippen LogP contribution in [-0.4, -0.2) is 17.7 Å². The fourth-order valence-electron chi connectivity index (χ4n) is 1.89. The van der Waals surface area contributed by atoms with Crippen molar-refractivity contribution in [3.8, 4) is 0 Å². The molecule has 1 atom stereocenters. The molecule has 0 spiro atoms. The van der Waals surface area contributed by atoms with Gasteiger partial charge in [-0.3, -0.25) is 5.32 Å². The molecule has 112 valence electrons. The maximum absolute atomic E-state index is 11.7. The number of nitrogens with one attached hydrogen (secondary N) is 3. The first kappa shape index (κ1) is 15.1. The number of nitrogens with zero attached hydrogens (tertiary/aromatic N) is 1. The van der Waals surface area contributed by atoms with Gasteiger partial charge in [0.2, 0.25) is 0 Å². The van der Waals surface area contributed by atoms with E-state index in [9.17, 15) is 4.79 Å². The van der Waals surface area contributed by atoms with Crippen molar-refractivity contribution in [3.63, 3.8) is 0 Å². The molecule has 0 radical (unpaired) electrons. The molecule has 0 saturated carbocycles. The van der Waals surface area contributed by atoms with E-state index in [1.807, 2.05) is 24.3 Å². The van der Waals surface area contributed by atoms with Gasteiger partial charge in [0, 0.05) is 17.8 Å². The average Bonchev–Trinajstić information content (AvgIpc) is 2.98. The van der Waals surface area contributed by atoms with Gasteiger partial charge >= 0.3 is 6.03 Å². The summed E-state index contributed by atoms with van der Waals surface area (Å²) in [5.74, 6) is 0.376. The summed E-state index contributed by atoms with van der Waals surface area (Å²) in [6, 6.07) is 9.27. The Morgan fingerprint density at radius 3 is 2.62 bits per heavy atom. The smallest absolute Gasteiger partial charge is 0.324 e. The zero-order valence-corrected chi connectivity index (χ0v) is 12.2. The number of amides is 2. The van der Waals surface area contributed by atoms with Gasteiger partial charge in [-0.25, -0.2) is 4.79 Å². The van der Waals surface area contributed by atoms with Crippen molar-refractivity contribution >= 4 is 17.5 Å². The third kappa shape index (κ3) is 4.61.